The molecule has 1 amide bonds. The molecule has 1 atom stereocenters. The van der Waals surface area contributed by atoms with Gasteiger partial charge in [-0.15, -0.1) is 11.3 Å². The number of rotatable bonds is 5. The molecule has 2 rings (SSSR count). The molecule has 1 aliphatic rings. The van der Waals surface area contributed by atoms with Gasteiger partial charge >= 0.3 is 0 Å². The van der Waals surface area contributed by atoms with Crippen LogP contribution in [0.15, 0.2) is 5.51 Å². The first-order valence-corrected chi connectivity index (χ1v) is 7.97. The van der Waals surface area contributed by atoms with E-state index in [1.165, 1.54) is 11.3 Å². The van der Waals surface area contributed by atoms with Crippen molar-refractivity contribution in [2.24, 2.45) is 5.92 Å². The molecule has 0 unspecified atom stereocenters. The molecule has 6 heteroatoms. The summed E-state index contributed by atoms with van der Waals surface area (Å²) in [5.74, 6) is 0.486. The Hall–Kier alpha value is -0.980. The van der Waals surface area contributed by atoms with E-state index in [-0.39, 0.29) is 5.91 Å². The average Bonchev–Trinajstić information content (AvgIpc) is 2.86. The quantitative estimate of drug-likeness (QED) is 0.896. The van der Waals surface area contributed by atoms with Crippen LogP contribution in [0.5, 0.6) is 0 Å². The molecule has 1 aromatic rings. The molecule has 1 N–H and O–H groups in total. The SMILES string of the molecule is Cc1ncsc1C(=O)NC[C@@H](C(C)C)N1CCOCC1. The third-order valence-electron chi connectivity index (χ3n) is 3.71. The van der Waals surface area contributed by atoms with Crippen LogP contribution in [0.1, 0.15) is 29.2 Å². The Balaban J connectivity index is 1.92. The van der Waals surface area contributed by atoms with Crippen LogP contribution in [-0.4, -0.2) is 54.7 Å². The fourth-order valence-corrected chi connectivity index (χ4v) is 3.21. The number of aromatic nitrogens is 1. The first-order valence-electron chi connectivity index (χ1n) is 7.09. The maximum Gasteiger partial charge on any atom is 0.263 e. The van der Waals surface area contributed by atoms with Gasteiger partial charge in [0.1, 0.15) is 4.88 Å². The second kappa shape index (κ2) is 7.15. The van der Waals surface area contributed by atoms with E-state index >= 15 is 0 Å². The molecule has 20 heavy (non-hydrogen) atoms. The second-order valence-corrected chi connectivity index (χ2v) is 6.29. The Morgan fingerprint density at radius 1 is 1.50 bits per heavy atom. The molecule has 112 valence electrons. The lowest BCUT2D eigenvalue weighted by molar-refractivity contribution is 0.00673. The highest BCUT2D eigenvalue weighted by atomic mass is 32.1. The molecule has 2 heterocycles. The molecular weight excluding hydrogens is 274 g/mol. The van der Waals surface area contributed by atoms with Crippen LogP contribution < -0.4 is 5.32 Å². The molecule has 0 saturated carbocycles. The minimum atomic E-state index is -0.0103. The number of ether oxygens (including phenoxy) is 1. The zero-order valence-corrected chi connectivity index (χ0v) is 13.2. The van der Waals surface area contributed by atoms with Gasteiger partial charge in [0.25, 0.3) is 5.91 Å². The summed E-state index contributed by atoms with van der Waals surface area (Å²) < 4.78 is 5.39. The summed E-state index contributed by atoms with van der Waals surface area (Å²) in [5.41, 5.74) is 2.52. The highest BCUT2D eigenvalue weighted by molar-refractivity contribution is 7.11. The van der Waals surface area contributed by atoms with E-state index in [0.717, 1.165) is 36.9 Å². The molecule has 0 spiro atoms. The van der Waals surface area contributed by atoms with E-state index in [4.69, 9.17) is 4.74 Å². The Labute approximate surface area is 124 Å². The largest absolute Gasteiger partial charge is 0.379 e. The third-order valence-corrected chi connectivity index (χ3v) is 4.64. The summed E-state index contributed by atoms with van der Waals surface area (Å²) in [7, 11) is 0. The lowest BCUT2D eigenvalue weighted by Gasteiger charge is -2.36. The summed E-state index contributed by atoms with van der Waals surface area (Å²) in [6.45, 7) is 10.4. The molecule has 1 saturated heterocycles. The number of morpholine rings is 1. The third kappa shape index (κ3) is 3.77. The predicted octanol–water partition coefficient (Wildman–Crippen LogP) is 1.54. The van der Waals surface area contributed by atoms with Crippen molar-refractivity contribution in [2.75, 3.05) is 32.8 Å². The van der Waals surface area contributed by atoms with Crippen molar-refractivity contribution in [3.05, 3.63) is 16.1 Å². The number of aryl methyl sites for hydroxylation is 1. The number of hydrogen-bond acceptors (Lipinski definition) is 5. The standard InChI is InChI=1S/C14H23N3O2S/c1-10(2)12(17-4-6-19-7-5-17)8-15-14(18)13-11(3)16-9-20-13/h9-10,12H,4-8H2,1-3H3,(H,15,18)/t12-/m0/s1. The van der Waals surface area contributed by atoms with E-state index in [0.29, 0.717) is 18.5 Å². The minimum Gasteiger partial charge on any atom is -0.379 e. The van der Waals surface area contributed by atoms with Crippen LogP contribution in [0, 0.1) is 12.8 Å². The molecule has 1 fully saturated rings. The number of thiazole rings is 1. The van der Waals surface area contributed by atoms with Crippen LogP contribution in [0.25, 0.3) is 0 Å². The van der Waals surface area contributed by atoms with Gasteiger partial charge in [-0.05, 0) is 12.8 Å². The topological polar surface area (TPSA) is 54.5 Å². The van der Waals surface area contributed by atoms with Gasteiger partial charge in [-0.2, -0.15) is 0 Å². The lowest BCUT2D eigenvalue weighted by atomic mass is 10.0. The van der Waals surface area contributed by atoms with Crippen LogP contribution >= 0.6 is 11.3 Å². The van der Waals surface area contributed by atoms with Crippen LogP contribution in [-0.2, 0) is 4.74 Å². The molecule has 0 aliphatic carbocycles. The molecular formula is C14H23N3O2S. The normalized spacial score (nSPS) is 18.2. The molecule has 5 nitrogen and oxygen atoms in total. The summed E-state index contributed by atoms with van der Waals surface area (Å²) >= 11 is 1.40. The average molecular weight is 297 g/mol. The summed E-state index contributed by atoms with van der Waals surface area (Å²) in [5, 5.41) is 3.05. The molecule has 0 radical (unpaired) electrons. The molecule has 0 aromatic carbocycles. The highest BCUT2D eigenvalue weighted by Crippen LogP contribution is 2.14. The molecule has 1 aliphatic heterocycles. The van der Waals surface area contributed by atoms with Gasteiger partial charge in [0.05, 0.1) is 24.4 Å². The summed E-state index contributed by atoms with van der Waals surface area (Å²) in [6.07, 6.45) is 0. The van der Waals surface area contributed by atoms with E-state index in [1.54, 1.807) is 5.51 Å². The lowest BCUT2D eigenvalue weighted by Crippen LogP contribution is -2.51. The second-order valence-electron chi connectivity index (χ2n) is 5.44. The van der Waals surface area contributed by atoms with Gasteiger partial charge in [0, 0.05) is 25.7 Å². The Morgan fingerprint density at radius 3 is 2.75 bits per heavy atom. The van der Waals surface area contributed by atoms with Crippen molar-refractivity contribution >= 4 is 17.2 Å². The fraction of sp³-hybridized carbons (Fsp3) is 0.714. The van der Waals surface area contributed by atoms with Gasteiger partial charge in [0.15, 0.2) is 0 Å². The fourth-order valence-electron chi connectivity index (χ4n) is 2.49. The first kappa shape index (κ1) is 15.4. The minimum absolute atomic E-state index is 0.0103. The van der Waals surface area contributed by atoms with Crippen molar-refractivity contribution in [3.63, 3.8) is 0 Å². The van der Waals surface area contributed by atoms with Crippen molar-refractivity contribution in [3.8, 4) is 0 Å². The monoisotopic (exact) mass is 297 g/mol. The first-order chi connectivity index (χ1) is 9.59. The van der Waals surface area contributed by atoms with Gasteiger partial charge in [0.2, 0.25) is 0 Å². The van der Waals surface area contributed by atoms with Crippen molar-refractivity contribution < 1.29 is 9.53 Å². The van der Waals surface area contributed by atoms with E-state index in [9.17, 15) is 4.79 Å². The Morgan fingerprint density at radius 2 is 2.20 bits per heavy atom. The number of carbonyl (C=O) groups is 1. The number of nitrogens with zero attached hydrogens (tertiary/aromatic N) is 2. The number of nitrogens with one attached hydrogen (secondary N) is 1. The van der Waals surface area contributed by atoms with Crippen LogP contribution in [0.3, 0.4) is 0 Å². The Kier molecular flexibility index (Phi) is 5.51. The number of amides is 1. The van der Waals surface area contributed by atoms with Crippen molar-refractivity contribution in [1.82, 2.24) is 15.2 Å². The van der Waals surface area contributed by atoms with Gasteiger partial charge < -0.3 is 10.1 Å². The van der Waals surface area contributed by atoms with E-state index in [1.807, 2.05) is 6.92 Å². The van der Waals surface area contributed by atoms with Crippen molar-refractivity contribution in [1.29, 1.82) is 0 Å². The van der Waals surface area contributed by atoms with E-state index < -0.39 is 0 Å². The maximum atomic E-state index is 12.2. The van der Waals surface area contributed by atoms with E-state index in [2.05, 4.69) is 29.0 Å². The summed E-state index contributed by atoms with van der Waals surface area (Å²) in [6, 6.07) is 0.357. The maximum absolute atomic E-state index is 12.2. The zero-order valence-electron chi connectivity index (χ0n) is 12.4. The van der Waals surface area contributed by atoms with Gasteiger partial charge in [-0.3, -0.25) is 9.69 Å². The molecule has 0 bridgehead atoms. The number of carbonyl (C=O) groups excluding carboxylic acids is 1. The highest BCUT2D eigenvalue weighted by Gasteiger charge is 2.24. The number of hydrogen-bond donors (Lipinski definition) is 1. The summed E-state index contributed by atoms with van der Waals surface area (Å²) in [4.78, 5) is 19.4. The van der Waals surface area contributed by atoms with Crippen LogP contribution in [0.2, 0.25) is 0 Å². The van der Waals surface area contributed by atoms with Crippen molar-refractivity contribution in [2.45, 2.75) is 26.8 Å². The Bertz CT molecular complexity index is 441. The van der Waals surface area contributed by atoms with Gasteiger partial charge in [-0.1, -0.05) is 13.8 Å². The smallest absolute Gasteiger partial charge is 0.263 e. The molecule has 1 aromatic heterocycles. The predicted molar refractivity (Wildman–Crippen MR) is 80.2 cm³/mol. The van der Waals surface area contributed by atoms with Crippen LogP contribution in [0.4, 0.5) is 0 Å². The zero-order chi connectivity index (χ0) is 14.5. The van der Waals surface area contributed by atoms with Gasteiger partial charge in [-0.25, -0.2) is 4.98 Å².